The molecule has 1 aromatic carbocycles. The van der Waals surface area contributed by atoms with Crippen molar-refractivity contribution in [3.63, 3.8) is 0 Å². The second kappa shape index (κ2) is 8.05. The van der Waals surface area contributed by atoms with Crippen molar-refractivity contribution in [2.24, 2.45) is 0 Å². The molecule has 1 rings (SSSR count). The van der Waals surface area contributed by atoms with Gasteiger partial charge in [-0.2, -0.15) is 0 Å². The SMILES string of the molecule is C=CCc1cc(NC(=O)OC(C)(C)C)ccc1NC(=O)OC(C)(C)C. The quantitative estimate of drug-likeness (QED) is 0.741. The van der Waals surface area contributed by atoms with Crippen LogP contribution in [0.2, 0.25) is 0 Å². The van der Waals surface area contributed by atoms with E-state index in [1.54, 1.807) is 65.8 Å². The zero-order chi connectivity index (χ0) is 19.3. The fraction of sp³-hybridized carbons (Fsp3) is 0.474. The van der Waals surface area contributed by atoms with Gasteiger partial charge in [0.25, 0.3) is 0 Å². The van der Waals surface area contributed by atoms with E-state index in [4.69, 9.17) is 9.47 Å². The Morgan fingerprint density at radius 2 is 1.52 bits per heavy atom. The first kappa shape index (κ1) is 20.5. The molecule has 0 heterocycles. The van der Waals surface area contributed by atoms with E-state index < -0.39 is 23.4 Å². The van der Waals surface area contributed by atoms with E-state index in [1.165, 1.54) is 0 Å². The smallest absolute Gasteiger partial charge is 0.412 e. The summed E-state index contributed by atoms with van der Waals surface area (Å²) < 4.78 is 10.5. The molecule has 0 bridgehead atoms. The van der Waals surface area contributed by atoms with Crippen LogP contribution < -0.4 is 10.6 Å². The number of benzene rings is 1. The van der Waals surface area contributed by atoms with Gasteiger partial charge in [0.15, 0.2) is 0 Å². The molecule has 0 spiro atoms. The summed E-state index contributed by atoms with van der Waals surface area (Å²) in [6.07, 6.45) is 1.16. The van der Waals surface area contributed by atoms with Crippen LogP contribution in [0.5, 0.6) is 0 Å². The van der Waals surface area contributed by atoms with Crippen LogP contribution in [0.3, 0.4) is 0 Å². The van der Waals surface area contributed by atoms with Crippen LogP contribution in [0.4, 0.5) is 21.0 Å². The zero-order valence-electron chi connectivity index (χ0n) is 15.9. The third-order valence-electron chi connectivity index (χ3n) is 2.75. The predicted molar refractivity (Wildman–Crippen MR) is 100 cm³/mol. The summed E-state index contributed by atoms with van der Waals surface area (Å²) in [6.45, 7) is 14.5. The van der Waals surface area contributed by atoms with Gasteiger partial charge in [0.2, 0.25) is 0 Å². The molecule has 0 radical (unpaired) electrons. The molecule has 0 aromatic heterocycles. The molecule has 0 aliphatic rings. The maximum absolute atomic E-state index is 12.0. The largest absolute Gasteiger partial charge is 0.444 e. The number of rotatable bonds is 4. The first-order valence-corrected chi connectivity index (χ1v) is 8.13. The first-order chi connectivity index (χ1) is 11.4. The van der Waals surface area contributed by atoms with Gasteiger partial charge in [0.1, 0.15) is 11.2 Å². The average Bonchev–Trinajstić information content (AvgIpc) is 2.37. The molecular formula is C19H28N2O4. The molecule has 0 unspecified atom stereocenters. The molecule has 0 saturated carbocycles. The van der Waals surface area contributed by atoms with E-state index in [9.17, 15) is 9.59 Å². The minimum atomic E-state index is -0.582. The standard InChI is InChI=1S/C19H28N2O4/c1-8-9-13-12-14(20-16(22)24-18(2,3)4)10-11-15(13)21-17(23)25-19(5,6)7/h8,10-12H,1,9H2,2-7H3,(H,20,22)(H,21,23). The Hall–Kier alpha value is -2.50. The van der Waals surface area contributed by atoms with E-state index in [2.05, 4.69) is 17.2 Å². The van der Waals surface area contributed by atoms with Crippen molar-refractivity contribution >= 4 is 23.6 Å². The lowest BCUT2D eigenvalue weighted by Gasteiger charge is -2.21. The molecule has 6 heteroatoms. The van der Waals surface area contributed by atoms with Crippen LogP contribution in [-0.2, 0) is 15.9 Å². The molecule has 6 nitrogen and oxygen atoms in total. The maximum Gasteiger partial charge on any atom is 0.412 e. The molecule has 0 aliphatic heterocycles. The van der Waals surface area contributed by atoms with Crippen LogP contribution in [0.1, 0.15) is 47.1 Å². The number of carbonyl (C=O) groups is 2. The highest BCUT2D eigenvalue weighted by Crippen LogP contribution is 2.23. The number of amides is 2. The molecule has 2 N–H and O–H groups in total. The van der Waals surface area contributed by atoms with Crippen molar-refractivity contribution in [1.82, 2.24) is 0 Å². The van der Waals surface area contributed by atoms with Gasteiger partial charge in [-0.25, -0.2) is 9.59 Å². The number of anilines is 2. The molecule has 138 valence electrons. The lowest BCUT2D eigenvalue weighted by atomic mass is 10.1. The zero-order valence-corrected chi connectivity index (χ0v) is 15.9. The number of hydrogen-bond donors (Lipinski definition) is 2. The van der Waals surface area contributed by atoms with E-state index in [0.717, 1.165) is 5.56 Å². The summed E-state index contributed by atoms with van der Waals surface area (Å²) in [6, 6.07) is 5.15. The monoisotopic (exact) mass is 348 g/mol. The van der Waals surface area contributed by atoms with E-state index in [-0.39, 0.29) is 0 Å². The molecule has 25 heavy (non-hydrogen) atoms. The van der Waals surface area contributed by atoms with Crippen molar-refractivity contribution in [3.05, 3.63) is 36.4 Å². The molecule has 0 aliphatic carbocycles. The second-order valence-corrected chi connectivity index (χ2v) is 7.62. The van der Waals surface area contributed by atoms with Crippen molar-refractivity contribution < 1.29 is 19.1 Å². The van der Waals surface area contributed by atoms with Crippen molar-refractivity contribution in [2.45, 2.75) is 59.2 Å². The van der Waals surface area contributed by atoms with Crippen LogP contribution in [0, 0.1) is 0 Å². The Balaban J connectivity index is 2.90. The van der Waals surface area contributed by atoms with Gasteiger partial charge in [-0.05, 0) is 71.7 Å². The first-order valence-electron chi connectivity index (χ1n) is 8.13. The third-order valence-corrected chi connectivity index (χ3v) is 2.75. The maximum atomic E-state index is 12.0. The van der Waals surface area contributed by atoms with Gasteiger partial charge in [0.05, 0.1) is 0 Å². The van der Waals surface area contributed by atoms with Gasteiger partial charge in [-0.1, -0.05) is 6.08 Å². The molecular weight excluding hydrogens is 320 g/mol. The summed E-state index contributed by atoms with van der Waals surface area (Å²) in [5, 5.41) is 5.39. The van der Waals surface area contributed by atoms with Crippen LogP contribution in [0.25, 0.3) is 0 Å². The highest BCUT2D eigenvalue weighted by molar-refractivity contribution is 5.89. The number of carbonyl (C=O) groups excluding carboxylic acids is 2. The molecule has 2 amide bonds. The summed E-state index contributed by atoms with van der Waals surface area (Å²) >= 11 is 0. The minimum Gasteiger partial charge on any atom is -0.444 e. The predicted octanol–water partition coefficient (Wildman–Crippen LogP) is 5.11. The average molecular weight is 348 g/mol. The fourth-order valence-corrected chi connectivity index (χ4v) is 1.95. The Labute approximate surface area is 149 Å². The normalized spacial score (nSPS) is 11.4. The Morgan fingerprint density at radius 3 is 2.00 bits per heavy atom. The summed E-state index contributed by atoms with van der Waals surface area (Å²) in [5.74, 6) is 0. The molecule has 1 aromatic rings. The van der Waals surface area contributed by atoms with E-state index >= 15 is 0 Å². The lowest BCUT2D eigenvalue weighted by Crippen LogP contribution is -2.28. The van der Waals surface area contributed by atoms with Crippen LogP contribution >= 0.6 is 0 Å². The topological polar surface area (TPSA) is 76.7 Å². The minimum absolute atomic E-state index is 0.523. The summed E-state index contributed by atoms with van der Waals surface area (Å²) in [5.41, 5.74) is 0.812. The molecule has 0 saturated heterocycles. The van der Waals surface area contributed by atoms with Gasteiger partial charge in [0, 0.05) is 11.4 Å². The number of allylic oxidation sites excluding steroid dienone is 1. The van der Waals surface area contributed by atoms with Gasteiger partial charge in [-0.15, -0.1) is 6.58 Å². The van der Waals surface area contributed by atoms with Gasteiger partial charge >= 0.3 is 12.2 Å². The Morgan fingerprint density at radius 1 is 1.00 bits per heavy atom. The summed E-state index contributed by atoms with van der Waals surface area (Å²) in [7, 11) is 0. The number of ether oxygens (including phenoxy) is 2. The number of nitrogens with one attached hydrogen (secondary N) is 2. The van der Waals surface area contributed by atoms with Gasteiger partial charge in [-0.3, -0.25) is 10.6 Å². The highest BCUT2D eigenvalue weighted by Gasteiger charge is 2.18. The van der Waals surface area contributed by atoms with Crippen LogP contribution in [-0.4, -0.2) is 23.4 Å². The van der Waals surface area contributed by atoms with E-state index in [1.807, 2.05) is 0 Å². The lowest BCUT2D eigenvalue weighted by molar-refractivity contribution is 0.0624. The molecule has 0 atom stereocenters. The highest BCUT2D eigenvalue weighted by atomic mass is 16.6. The number of hydrogen-bond acceptors (Lipinski definition) is 4. The fourth-order valence-electron chi connectivity index (χ4n) is 1.95. The third kappa shape index (κ3) is 8.24. The Bertz CT molecular complexity index is 640. The van der Waals surface area contributed by atoms with Crippen LogP contribution in [0.15, 0.2) is 30.9 Å². The van der Waals surface area contributed by atoms with Crippen molar-refractivity contribution in [1.29, 1.82) is 0 Å². The second-order valence-electron chi connectivity index (χ2n) is 7.62. The summed E-state index contributed by atoms with van der Waals surface area (Å²) in [4.78, 5) is 23.8. The Kier molecular flexibility index (Phi) is 6.62. The van der Waals surface area contributed by atoms with Crippen molar-refractivity contribution in [2.75, 3.05) is 10.6 Å². The van der Waals surface area contributed by atoms with Crippen molar-refractivity contribution in [3.8, 4) is 0 Å². The van der Waals surface area contributed by atoms with Gasteiger partial charge < -0.3 is 9.47 Å². The molecule has 0 fully saturated rings. The van der Waals surface area contributed by atoms with E-state index in [0.29, 0.717) is 17.8 Å².